The zero-order chi connectivity index (χ0) is 14.7. The van der Waals surface area contributed by atoms with Crippen LogP contribution in [-0.4, -0.2) is 13.2 Å². The first-order valence-electron chi connectivity index (χ1n) is 7.52. The minimum atomic E-state index is 0.194. The highest BCUT2D eigenvalue weighted by Crippen LogP contribution is 2.30. The predicted molar refractivity (Wildman–Crippen MR) is 87.2 cm³/mol. The molecule has 2 aromatic carbocycles. The van der Waals surface area contributed by atoms with Gasteiger partial charge in [-0.2, -0.15) is 0 Å². The molecule has 0 aliphatic carbocycles. The van der Waals surface area contributed by atoms with Crippen LogP contribution in [0.5, 0.6) is 5.75 Å². The van der Waals surface area contributed by atoms with E-state index in [1.165, 1.54) is 16.7 Å². The van der Waals surface area contributed by atoms with Gasteiger partial charge in [0.15, 0.2) is 0 Å². The fraction of sp³-hybridized carbons (Fsp3) is 0.333. The molecule has 0 aromatic heterocycles. The second-order valence-electron chi connectivity index (χ2n) is 5.36. The number of hydrogen-bond acceptors (Lipinski definition) is 2. The number of aryl methyl sites for hydroxylation is 1. The van der Waals surface area contributed by atoms with Gasteiger partial charge in [-0.1, -0.05) is 42.8 Å². The van der Waals surface area contributed by atoms with Crippen LogP contribution in [0.25, 0.3) is 0 Å². The SMILES string of the molecule is CCNC(c1ccc(Cl)cc1)c1ccc2c(c1)CCCO2. The van der Waals surface area contributed by atoms with Crippen LogP contribution < -0.4 is 10.1 Å². The maximum absolute atomic E-state index is 6.00. The highest BCUT2D eigenvalue weighted by molar-refractivity contribution is 6.30. The van der Waals surface area contributed by atoms with Gasteiger partial charge < -0.3 is 10.1 Å². The monoisotopic (exact) mass is 301 g/mol. The van der Waals surface area contributed by atoms with E-state index >= 15 is 0 Å². The molecule has 0 saturated carbocycles. The molecule has 1 N–H and O–H groups in total. The molecule has 2 aromatic rings. The van der Waals surface area contributed by atoms with Gasteiger partial charge in [-0.25, -0.2) is 0 Å². The Morgan fingerprint density at radius 3 is 2.67 bits per heavy atom. The smallest absolute Gasteiger partial charge is 0.122 e. The van der Waals surface area contributed by atoms with E-state index in [2.05, 4.69) is 42.6 Å². The molecule has 0 saturated heterocycles. The first-order valence-corrected chi connectivity index (χ1v) is 7.90. The summed E-state index contributed by atoms with van der Waals surface area (Å²) in [7, 11) is 0. The summed E-state index contributed by atoms with van der Waals surface area (Å²) in [6, 6.07) is 14.8. The second kappa shape index (κ2) is 6.50. The van der Waals surface area contributed by atoms with Crippen LogP contribution in [0.15, 0.2) is 42.5 Å². The van der Waals surface area contributed by atoms with Crippen LogP contribution in [0, 0.1) is 0 Å². The average molecular weight is 302 g/mol. The lowest BCUT2D eigenvalue weighted by Gasteiger charge is -2.23. The van der Waals surface area contributed by atoms with Gasteiger partial charge in [0.25, 0.3) is 0 Å². The number of hydrogen-bond donors (Lipinski definition) is 1. The summed E-state index contributed by atoms with van der Waals surface area (Å²) in [5.41, 5.74) is 3.83. The van der Waals surface area contributed by atoms with E-state index in [1.807, 2.05) is 12.1 Å². The van der Waals surface area contributed by atoms with Crippen LogP contribution in [-0.2, 0) is 6.42 Å². The minimum absolute atomic E-state index is 0.194. The van der Waals surface area contributed by atoms with Crippen molar-refractivity contribution < 1.29 is 4.74 Å². The zero-order valence-corrected chi connectivity index (χ0v) is 13.0. The van der Waals surface area contributed by atoms with Crippen molar-refractivity contribution in [3.63, 3.8) is 0 Å². The Hall–Kier alpha value is -1.51. The van der Waals surface area contributed by atoms with Gasteiger partial charge in [-0.05, 0) is 54.3 Å². The van der Waals surface area contributed by atoms with Gasteiger partial charge in [0, 0.05) is 5.02 Å². The van der Waals surface area contributed by atoms with Crippen LogP contribution in [0.2, 0.25) is 5.02 Å². The Bertz CT molecular complexity index is 609. The molecule has 110 valence electrons. The summed E-state index contributed by atoms with van der Waals surface area (Å²) in [6.45, 7) is 3.88. The molecule has 21 heavy (non-hydrogen) atoms. The van der Waals surface area contributed by atoms with E-state index in [0.717, 1.165) is 36.8 Å². The van der Waals surface area contributed by atoms with E-state index in [4.69, 9.17) is 16.3 Å². The minimum Gasteiger partial charge on any atom is -0.493 e. The summed E-state index contributed by atoms with van der Waals surface area (Å²) in [6.07, 6.45) is 2.20. The van der Waals surface area contributed by atoms with Crippen molar-refractivity contribution in [3.05, 3.63) is 64.2 Å². The fourth-order valence-electron chi connectivity index (χ4n) is 2.85. The molecule has 3 rings (SSSR count). The van der Waals surface area contributed by atoms with Crippen LogP contribution >= 0.6 is 11.6 Å². The molecule has 0 amide bonds. The molecule has 1 aliphatic heterocycles. The predicted octanol–water partition coefficient (Wildman–Crippen LogP) is 4.36. The van der Waals surface area contributed by atoms with Gasteiger partial charge in [0.05, 0.1) is 12.6 Å². The van der Waals surface area contributed by atoms with Gasteiger partial charge in [-0.15, -0.1) is 0 Å². The normalized spacial score (nSPS) is 15.1. The summed E-state index contributed by atoms with van der Waals surface area (Å²) in [4.78, 5) is 0. The van der Waals surface area contributed by atoms with Gasteiger partial charge >= 0.3 is 0 Å². The third-order valence-corrected chi connectivity index (χ3v) is 4.13. The maximum atomic E-state index is 6.00. The molecule has 0 bridgehead atoms. The first kappa shape index (κ1) is 14.4. The molecule has 1 aliphatic rings. The second-order valence-corrected chi connectivity index (χ2v) is 5.80. The fourth-order valence-corrected chi connectivity index (χ4v) is 2.97. The molecular formula is C18H20ClNO. The Balaban J connectivity index is 1.95. The first-order chi connectivity index (χ1) is 10.3. The van der Waals surface area contributed by atoms with Crippen molar-refractivity contribution in [2.24, 2.45) is 0 Å². The Morgan fingerprint density at radius 1 is 1.14 bits per heavy atom. The number of fused-ring (bicyclic) bond motifs is 1. The molecule has 0 spiro atoms. The van der Waals surface area contributed by atoms with Crippen molar-refractivity contribution in [2.45, 2.75) is 25.8 Å². The van der Waals surface area contributed by atoms with Crippen LogP contribution in [0.4, 0.5) is 0 Å². The van der Waals surface area contributed by atoms with Crippen molar-refractivity contribution in [1.29, 1.82) is 0 Å². The third kappa shape index (κ3) is 3.22. The topological polar surface area (TPSA) is 21.3 Å². The summed E-state index contributed by atoms with van der Waals surface area (Å²) >= 11 is 6.00. The third-order valence-electron chi connectivity index (χ3n) is 3.88. The lowest BCUT2D eigenvalue weighted by Crippen LogP contribution is -2.22. The number of rotatable bonds is 4. The average Bonchev–Trinajstić information content (AvgIpc) is 2.53. The van der Waals surface area contributed by atoms with E-state index in [1.54, 1.807) is 0 Å². The Labute approximate surface area is 131 Å². The number of benzene rings is 2. The molecule has 0 fully saturated rings. The highest BCUT2D eigenvalue weighted by Gasteiger charge is 2.17. The van der Waals surface area contributed by atoms with Crippen LogP contribution in [0.3, 0.4) is 0 Å². The summed E-state index contributed by atoms with van der Waals surface area (Å²) < 4.78 is 5.70. The molecular weight excluding hydrogens is 282 g/mol. The number of halogens is 1. The van der Waals surface area contributed by atoms with E-state index in [9.17, 15) is 0 Å². The molecule has 2 nitrogen and oxygen atoms in total. The highest BCUT2D eigenvalue weighted by atomic mass is 35.5. The number of ether oxygens (including phenoxy) is 1. The van der Waals surface area contributed by atoms with Crippen molar-refractivity contribution in [1.82, 2.24) is 5.32 Å². The largest absolute Gasteiger partial charge is 0.493 e. The van der Waals surface area contributed by atoms with Gasteiger partial charge in [0.1, 0.15) is 5.75 Å². The van der Waals surface area contributed by atoms with Crippen molar-refractivity contribution >= 4 is 11.6 Å². The summed E-state index contributed by atoms with van der Waals surface area (Å²) in [5.74, 6) is 1.04. The standard InChI is InChI=1S/C18H20ClNO/c1-2-20-18(13-5-8-16(19)9-6-13)15-7-10-17-14(12-15)4-3-11-21-17/h5-10,12,18,20H,2-4,11H2,1H3. The van der Waals surface area contributed by atoms with E-state index in [-0.39, 0.29) is 6.04 Å². The zero-order valence-electron chi connectivity index (χ0n) is 12.2. The van der Waals surface area contributed by atoms with E-state index < -0.39 is 0 Å². The number of nitrogens with one attached hydrogen (secondary N) is 1. The molecule has 1 unspecified atom stereocenters. The van der Waals surface area contributed by atoms with Crippen LogP contribution in [0.1, 0.15) is 36.1 Å². The maximum Gasteiger partial charge on any atom is 0.122 e. The lowest BCUT2D eigenvalue weighted by atomic mass is 9.95. The van der Waals surface area contributed by atoms with Gasteiger partial charge in [-0.3, -0.25) is 0 Å². The summed E-state index contributed by atoms with van der Waals surface area (Å²) in [5, 5.41) is 4.33. The lowest BCUT2D eigenvalue weighted by molar-refractivity contribution is 0.288. The Kier molecular flexibility index (Phi) is 4.47. The molecule has 1 atom stereocenters. The molecule has 0 radical (unpaired) electrons. The molecule has 1 heterocycles. The quantitative estimate of drug-likeness (QED) is 0.906. The molecule has 3 heteroatoms. The van der Waals surface area contributed by atoms with Gasteiger partial charge in [0.2, 0.25) is 0 Å². The van der Waals surface area contributed by atoms with Crippen molar-refractivity contribution in [2.75, 3.05) is 13.2 Å². The van der Waals surface area contributed by atoms with Crippen molar-refractivity contribution in [3.8, 4) is 5.75 Å². The Morgan fingerprint density at radius 2 is 1.90 bits per heavy atom. The van der Waals surface area contributed by atoms with E-state index in [0.29, 0.717) is 0 Å².